The molecule has 0 aliphatic carbocycles. The van der Waals surface area contributed by atoms with Crippen LogP contribution < -0.4 is 5.56 Å². The van der Waals surface area contributed by atoms with Crippen molar-refractivity contribution in [1.82, 2.24) is 9.78 Å². The Morgan fingerprint density at radius 1 is 1.56 bits per heavy atom. The van der Waals surface area contributed by atoms with Gasteiger partial charge in [0.2, 0.25) is 0 Å². The summed E-state index contributed by atoms with van der Waals surface area (Å²) in [5.41, 5.74) is 1.11. The Balaban J connectivity index is 3.07. The largest absolute Gasteiger partial charge is 0.481 e. The first kappa shape index (κ1) is 12.4. The third-order valence-corrected chi connectivity index (χ3v) is 2.36. The lowest BCUT2D eigenvalue weighted by Crippen LogP contribution is -2.25. The SMILES string of the molecule is CC(C)c1cc(CCC(=O)O)c(=O)n(C)n1. The van der Waals surface area contributed by atoms with E-state index >= 15 is 0 Å². The summed E-state index contributed by atoms with van der Waals surface area (Å²) in [5, 5.41) is 12.7. The van der Waals surface area contributed by atoms with E-state index in [1.165, 1.54) is 4.68 Å². The van der Waals surface area contributed by atoms with Crippen molar-refractivity contribution in [3.8, 4) is 0 Å². The number of rotatable bonds is 4. The van der Waals surface area contributed by atoms with Crippen LogP contribution in [0.5, 0.6) is 0 Å². The van der Waals surface area contributed by atoms with E-state index in [1.54, 1.807) is 13.1 Å². The summed E-state index contributed by atoms with van der Waals surface area (Å²) in [6.45, 7) is 3.96. The van der Waals surface area contributed by atoms with E-state index in [-0.39, 0.29) is 24.3 Å². The van der Waals surface area contributed by atoms with Gasteiger partial charge in [-0.05, 0) is 18.4 Å². The average Bonchev–Trinajstić information content (AvgIpc) is 2.19. The first-order valence-corrected chi connectivity index (χ1v) is 5.20. The molecule has 1 heterocycles. The van der Waals surface area contributed by atoms with Gasteiger partial charge in [0.15, 0.2) is 0 Å². The van der Waals surface area contributed by atoms with Gasteiger partial charge in [-0.1, -0.05) is 13.8 Å². The van der Waals surface area contributed by atoms with E-state index in [0.29, 0.717) is 5.56 Å². The fraction of sp³-hybridized carbons (Fsp3) is 0.545. The highest BCUT2D eigenvalue weighted by Crippen LogP contribution is 2.11. The summed E-state index contributed by atoms with van der Waals surface area (Å²) in [4.78, 5) is 22.1. The van der Waals surface area contributed by atoms with Gasteiger partial charge < -0.3 is 5.11 Å². The van der Waals surface area contributed by atoms with Crippen molar-refractivity contribution in [1.29, 1.82) is 0 Å². The van der Waals surface area contributed by atoms with E-state index in [2.05, 4.69) is 5.10 Å². The maximum Gasteiger partial charge on any atom is 0.303 e. The molecule has 0 unspecified atom stereocenters. The lowest BCUT2D eigenvalue weighted by atomic mass is 10.1. The number of hydrogen-bond donors (Lipinski definition) is 1. The molecule has 0 spiro atoms. The molecule has 0 saturated carbocycles. The predicted molar refractivity (Wildman–Crippen MR) is 59.5 cm³/mol. The molecule has 0 amide bonds. The van der Waals surface area contributed by atoms with Crippen LogP contribution in [0.3, 0.4) is 0 Å². The van der Waals surface area contributed by atoms with Gasteiger partial charge >= 0.3 is 5.97 Å². The third-order valence-electron chi connectivity index (χ3n) is 2.36. The fourth-order valence-electron chi connectivity index (χ4n) is 1.40. The summed E-state index contributed by atoms with van der Waals surface area (Å²) in [6, 6.07) is 1.70. The van der Waals surface area contributed by atoms with Crippen molar-refractivity contribution >= 4 is 5.97 Å². The third kappa shape index (κ3) is 2.92. The van der Waals surface area contributed by atoms with Gasteiger partial charge in [0.05, 0.1) is 5.69 Å². The van der Waals surface area contributed by atoms with Crippen molar-refractivity contribution in [2.24, 2.45) is 7.05 Å². The Labute approximate surface area is 93.7 Å². The summed E-state index contributed by atoms with van der Waals surface area (Å²) < 4.78 is 1.27. The highest BCUT2D eigenvalue weighted by molar-refractivity contribution is 5.67. The van der Waals surface area contributed by atoms with Crippen LogP contribution in [-0.2, 0) is 18.3 Å². The predicted octanol–water partition coefficient (Wildman–Crippen LogP) is 0.921. The summed E-state index contributed by atoms with van der Waals surface area (Å²) >= 11 is 0. The van der Waals surface area contributed by atoms with E-state index in [9.17, 15) is 9.59 Å². The minimum absolute atomic E-state index is 0.0310. The monoisotopic (exact) mass is 224 g/mol. The average molecular weight is 224 g/mol. The van der Waals surface area contributed by atoms with Crippen LogP contribution in [0.4, 0.5) is 0 Å². The highest BCUT2D eigenvalue weighted by Gasteiger charge is 2.10. The van der Waals surface area contributed by atoms with Crippen molar-refractivity contribution < 1.29 is 9.90 Å². The quantitative estimate of drug-likeness (QED) is 0.825. The van der Waals surface area contributed by atoms with Gasteiger partial charge in [-0.3, -0.25) is 9.59 Å². The lowest BCUT2D eigenvalue weighted by Gasteiger charge is -2.08. The number of carboxylic acids is 1. The number of carbonyl (C=O) groups is 1. The van der Waals surface area contributed by atoms with Gasteiger partial charge in [-0.2, -0.15) is 5.10 Å². The molecule has 0 radical (unpaired) electrons. The number of aliphatic carboxylic acids is 1. The molecule has 0 aliphatic rings. The van der Waals surface area contributed by atoms with Crippen molar-refractivity contribution in [3.05, 3.63) is 27.7 Å². The van der Waals surface area contributed by atoms with Crippen LogP contribution in [0.25, 0.3) is 0 Å². The molecule has 5 nitrogen and oxygen atoms in total. The number of aryl methyl sites for hydroxylation is 2. The van der Waals surface area contributed by atoms with E-state index in [0.717, 1.165) is 5.69 Å². The molecule has 0 aromatic carbocycles. The fourth-order valence-corrected chi connectivity index (χ4v) is 1.40. The summed E-state index contributed by atoms with van der Waals surface area (Å²) in [6.07, 6.45) is 0.223. The molecule has 1 aromatic heterocycles. The molecular weight excluding hydrogens is 208 g/mol. The van der Waals surface area contributed by atoms with E-state index < -0.39 is 5.97 Å². The summed E-state index contributed by atoms with van der Waals surface area (Å²) in [7, 11) is 1.58. The zero-order chi connectivity index (χ0) is 12.3. The molecule has 0 atom stereocenters. The Morgan fingerprint density at radius 2 is 2.19 bits per heavy atom. The van der Waals surface area contributed by atoms with Crippen molar-refractivity contribution in [3.63, 3.8) is 0 Å². The van der Waals surface area contributed by atoms with Gasteiger partial charge in [0.25, 0.3) is 5.56 Å². The van der Waals surface area contributed by atoms with Gasteiger partial charge in [0.1, 0.15) is 0 Å². The maximum atomic E-state index is 11.7. The minimum atomic E-state index is -0.898. The topological polar surface area (TPSA) is 72.2 Å². The molecule has 0 fully saturated rings. The smallest absolute Gasteiger partial charge is 0.303 e. The van der Waals surface area contributed by atoms with Gasteiger partial charge in [-0.25, -0.2) is 4.68 Å². The second kappa shape index (κ2) is 4.92. The van der Waals surface area contributed by atoms with Crippen molar-refractivity contribution in [2.75, 3.05) is 0 Å². The van der Waals surface area contributed by atoms with E-state index in [4.69, 9.17) is 5.11 Å². The molecule has 1 aromatic rings. The Bertz CT molecular complexity index is 449. The molecule has 0 saturated heterocycles. The van der Waals surface area contributed by atoms with Gasteiger partial charge in [0, 0.05) is 19.0 Å². The molecule has 16 heavy (non-hydrogen) atoms. The molecule has 1 rings (SSSR count). The van der Waals surface area contributed by atoms with Crippen LogP contribution in [0.15, 0.2) is 10.9 Å². The van der Waals surface area contributed by atoms with E-state index in [1.807, 2.05) is 13.8 Å². The Morgan fingerprint density at radius 3 is 2.69 bits per heavy atom. The zero-order valence-corrected chi connectivity index (χ0v) is 9.73. The number of aromatic nitrogens is 2. The van der Waals surface area contributed by atoms with Crippen LogP contribution in [0.2, 0.25) is 0 Å². The normalized spacial score (nSPS) is 10.8. The second-order valence-electron chi connectivity index (χ2n) is 4.07. The van der Waals surface area contributed by atoms with Crippen LogP contribution >= 0.6 is 0 Å². The molecule has 0 aliphatic heterocycles. The van der Waals surface area contributed by atoms with Crippen LogP contribution in [-0.4, -0.2) is 20.9 Å². The number of carboxylic acid groups (broad SMARTS) is 1. The summed E-state index contributed by atoms with van der Waals surface area (Å²) in [5.74, 6) is -0.680. The van der Waals surface area contributed by atoms with Crippen molar-refractivity contribution in [2.45, 2.75) is 32.6 Å². The Hall–Kier alpha value is -1.65. The molecular formula is C11H16N2O3. The first-order valence-electron chi connectivity index (χ1n) is 5.20. The standard InChI is InChI=1S/C11H16N2O3/c1-7(2)9-6-8(4-5-10(14)15)11(16)13(3)12-9/h6-7H,4-5H2,1-3H3,(H,14,15). The zero-order valence-electron chi connectivity index (χ0n) is 9.73. The molecule has 5 heteroatoms. The lowest BCUT2D eigenvalue weighted by molar-refractivity contribution is -0.136. The van der Waals surface area contributed by atoms with Crippen LogP contribution in [0.1, 0.15) is 37.4 Å². The second-order valence-corrected chi connectivity index (χ2v) is 4.07. The maximum absolute atomic E-state index is 11.7. The van der Waals surface area contributed by atoms with Crippen LogP contribution in [0, 0.1) is 0 Å². The number of hydrogen-bond acceptors (Lipinski definition) is 3. The molecule has 0 bridgehead atoms. The molecule has 88 valence electrons. The van der Waals surface area contributed by atoms with Gasteiger partial charge in [-0.15, -0.1) is 0 Å². The first-order chi connectivity index (χ1) is 7.41. The highest BCUT2D eigenvalue weighted by atomic mass is 16.4. The minimum Gasteiger partial charge on any atom is -0.481 e. The Kier molecular flexibility index (Phi) is 3.82. The molecule has 1 N–H and O–H groups in total. The number of nitrogens with zero attached hydrogens (tertiary/aromatic N) is 2.